The lowest BCUT2D eigenvalue weighted by Crippen LogP contribution is -2.46. The van der Waals surface area contributed by atoms with Crippen molar-refractivity contribution >= 4 is 17.5 Å². The molecule has 3 aromatic carbocycles. The minimum Gasteiger partial charge on any atom is -0.343 e. The fourth-order valence-corrected chi connectivity index (χ4v) is 2.61. The Morgan fingerprint density at radius 3 is 1.93 bits per heavy atom. The molecule has 27 heavy (non-hydrogen) atoms. The average molecular weight is 359 g/mol. The van der Waals surface area contributed by atoms with Crippen LogP contribution in [-0.4, -0.2) is 18.4 Å². The van der Waals surface area contributed by atoms with E-state index >= 15 is 0 Å². The fraction of sp³-hybridized carbons (Fsp3) is 0.0909. The minimum atomic E-state index is -0.293. The molecule has 0 aliphatic heterocycles. The highest BCUT2D eigenvalue weighted by Gasteiger charge is 2.12. The number of benzene rings is 3. The highest BCUT2D eigenvalue weighted by atomic mass is 16.2. The first-order chi connectivity index (χ1) is 13.2. The molecule has 3 aromatic rings. The first kappa shape index (κ1) is 18.2. The standard InChI is InChI=1S/C22H21N3O2/c26-21(16-23-22(27)19-12-6-2-7-13-19)24-25(20-14-8-3-9-15-20)17-18-10-4-1-5-11-18/h1-15H,16-17H2,(H,23,27)(H,24,26). The molecule has 0 fully saturated rings. The topological polar surface area (TPSA) is 61.4 Å². The molecule has 0 spiro atoms. The van der Waals surface area contributed by atoms with Crippen LogP contribution in [0, 0.1) is 0 Å². The normalized spacial score (nSPS) is 10.1. The van der Waals surface area contributed by atoms with Crippen LogP contribution in [0.3, 0.4) is 0 Å². The molecule has 0 aliphatic carbocycles. The summed E-state index contributed by atoms with van der Waals surface area (Å²) in [6.45, 7) is 0.412. The van der Waals surface area contributed by atoms with Gasteiger partial charge in [0.05, 0.1) is 18.8 Å². The molecule has 5 nitrogen and oxygen atoms in total. The number of hydrazine groups is 1. The molecule has 0 saturated carbocycles. The van der Waals surface area contributed by atoms with Gasteiger partial charge in [0.1, 0.15) is 0 Å². The Morgan fingerprint density at radius 1 is 0.741 bits per heavy atom. The number of carbonyl (C=O) groups is 2. The number of hydrogen-bond acceptors (Lipinski definition) is 3. The lowest BCUT2D eigenvalue weighted by atomic mass is 10.2. The lowest BCUT2D eigenvalue weighted by molar-refractivity contribution is -0.120. The molecule has 0 aromatic heterocycles. The van der Waals surface area contributed by atoms with Crippen molar-refractivity contribution in [3.05, 3.63) is 102 Å². The van der Waals surface area contributed by atoms with Crippen LogP contribution in [0.1, 0.15) is 15.9 Å². The Kier molecular flexibility index (Phi) is 6.20. The molecule has 0 atom stereocenters. The zero-order valence-electron chi connectivity index (χ0n) is 14.8. The third-order valence-corrected chi connectivity index (χ3v) is 3.96. The van der Waals surface area contributed by atoms with Gasteiger partial charge in [-0.3, -0.25) is 20.0 Å². The molecule has 0 bridgehead atoms. The first-order valence-corrected chi connectivity index (χ1v) is 8.71. The van der Waals surface area contributed by atoms with Crippen LogP contribution in [0.5, 0.6) is 0 Å². The predicted octanol–water partition coefficient (Wildman–Crippen LogP) is 3.15. The highest BCUT2D eigenvalue weighted by molar-refractivity contribution is 5.96. The maximum Gasteiger partial charge on any atom is 0.257 e. The summed E-state index contributed by atoms with van der Waals surface area (Å²) in [7, 11) is 0. The third-order valence-electron chi connectivity index (χ3n) is 3.96. The van der Waals surface area contributed by atoms with Gasteiger partial charge in [0.25, 0.3) is 11.8 Å². The van der Waals surface area contributed by atoms with Crippen LogP contribution < -0.4 is 15.8 Å². The van der Waals surface area contributed by atoms with Gasteiger partial charge in [0.15, 0.2) is 0 Å². The van der Waals surface area contributed by atoms with E-state index in [0.29, 0.717) is 12.1 Å². The van der Waals surface area contributed by atoms with Crippen LogP contribution in [0.25, 0.3) is 0 Å². The maximum absolute atomic E-state index is 12.4. The lowest BCUT2D eigenvalue weighted by Gasteiger charge is -2.25. The van der Waals surface area contributed by atoms with Crippen LogP contribution in [0.4, 0.5) is 5.69 Å². The fourth-order valence-electron chi connectivity index (χ4n) is 2.61. The predicted molar refractivity (Wildman–Crippen MR) is 106 cm³/mol. The summed E-state index contributed by atoms with van der Waals surface area (Å²) in [4.78, 5) is 24.5. The number of nitrogens with zero attached hydrogens (tertiary/aromatic N) is 1. The van der Waals surface area contributed by atoms with E-state index in [1.165, 1.54) is 0 Å². The second-order valence-electron chi connectivity index (χ2n) is 5.99. The average Bonchev–Trinajstić information content (AvgIpc) is 2.73. The summed E-state index contributed by atoms with van der Waals surface area (Å²) >= 11 is 0. The van der Waals surface area contributed by atoms with E-state index in [1.807, 2.05) is 66.7 Å². The van der Waals surface area contributed by atoms with Crippen LogP contribution >= 0.6 is 0 Å². The maximum atomic E-state index is 12.4. The van der Waals surface area contributed by atoms with E-state index in [9.17, 15) is 9.59 Å². The zero-order valence-corrected chi connectivity index (χ0v) is 14.8. The van der Waals surface area contributed by atoms with Crippen molar-refractivity contribution in [1.29, 1.82) is 0 Å². The summed E-state index contributed by atoms with van der Waals surface area (Å²) in [5.74, 6) is -0.570. The molecule has 0 aliphatic rings. The molecule has 0 radical (unpaired) electrons. The Hall–Kier alpha value is -3.60. The van der Waals surface area contributed by atoms with Gasteiger partial charge in [-0.15, -0.1) is 0 Å². The number of nitrogens with one attached hydrogen (secondary N) is 2. The monoisotopic (exact) mass is 359 g/mol. The molecular weight excluding hydrogens is 338 g/mol. The van der Waals surface area contributed by atoms with Crippen molar-refractivity contribution in [3.8, 4) is 0 Å². The SMILES string of the molecule is O=C(CNC(=O)c1ccccc1)NN(Cc1ccccc1)c1ccccc1. The minimum absolute atomic E-state index is 0.105. The summed E-state index contributed by atoms with van der Waals surface area (Å²) in [6.07, 6.45) is 0. The van der Waals surface area contributed by atoms with Gasteiger partial charge >= 0.3 is 0 Å². The van der Waals surface area contributed by atoms with E-state index in [0.717, 1.165) is 11.3 Å². The Balaban J connectivity index is 1.63. The molecule has 2 N–H and O–H groups in total. The molecule has 136 valence electrons. The van der Waals surface area contributed by atoms with Gasteiger partial charge in [0, 0.05) is 5.56 Å². The first-order valence-electron chi connectivity index (χ1n) is 8.71. The Labute approximate surface area is 158 Å². The molecule has 0 unspecified atom stereocenters. The number of carbonyl (C=O) groups excluding carboxylic acids is 2. The quantitative estimate of drug-likeness (QED) is 0.637. The van der Waals surface area contributed by atoms with Crippen molar-refractivity contribution in [2.75, 3.05) is 11.6 Å². The van der Waals surface area contributed by atoms with E-state index in [1.54, 1.807) is 29.3 Å². The number of para-hydroxylation sites is 1. The number of hydrogen-bond donors (Lipinski definition) is 2. The van der Waals surface area contributed by atoms with E-state index in [2.05, 4.69) is 10.7 Å². The van der Waals surface area contributed by atoms with Crippen LogP contribution in [-0.2, 0) is 11.3 Å². The van der Waals surface area contributed by atoms with E-state index < -0.39 is 0 Å². The molecular formula is C22H21N3O2. The molecule has 0 saturated heterocycles. The van der Waals surface area contributed by atoms with E-state index in [4.69, 9.17) is 0 Å². The van der Waals surface area contributed by atoms with Crippen molar-refractivity contribution < 1.29 is 9.59 Å². The molecule has 2 amide bonds. The van der Waals surface area contributed by atoms with Crippen molar-refractivity contribution in [3.63, 3.8) is 0 Å². The highest BCUT2D eigenvalue weighted by Crippen LogP contribution is 2.14. The smallest absolute Gasteiger partial charge is 0.257 e. The van der Waals surface area contributed by atoms with Gasteiger partial charge in [-0.1, -0.05) is 66.7 Å². The second-order valence-corrected chi connectivity index (χ2v) is 5.99. The van der Waals surface area contributed by atoms with Crippen molar-refractivity contribution in [2.45, 2.75) is 6.54 Å². The van der Waals surface area contributed by atoms with Crippen LogP contribution in [0.15, 0.2) is 91.0 Å². The second kappa shape index (κ2) is 9.20. The summed E-state index contributed by atoms with van der Waals surface area (Å²) < 4.78 is 0. The van der Waals surface area contributed by atoms with Gasteiger partial charge in [-0.2, -0.15) is 0 Å². The number of rotatable bonds is 7. The summed E-state index contributed by atoms with van der Waals surface area (Å²) in [5, 5.41) is 4.41. The van der Waals surface area contributed by atoms with Gasteiger partial charge in [0.2, 0.25) is 0 Å². The summed E-state index contributed by atoms with van der Waals surface area (Å²) in [6, 6.07) is 28.3. The van der Waals surface area contributed by atoms with Gasteiger partial charge in [-0.05, 0) is 29.8 Å². The molecule has 3 rings (SSSR count). The van der Waals surface area contributed by atoms with Gasteiger partial charge < -0.3 is 5.32 Å². The molecule has 5 heteroatoms. The van der Waals surface area contributed by atoms with E-state index in [-0.39, 0.29) is 18.4 Å². The largest absolute Gasteiger partial charge is 0.343 e. The van der Waals surface area contributed by atoms with Crippen molar-refractivity contribution in [1.82, 2.24) is 10.7 Å². The number of anilines is 1. The Morgan fingerprint density at radius 2 is 1.30 bits per heavy atom. The Bertz CT molecular complexity index is 868. The summed E-state index contributed by atoms with van der Waals surface area (Å²) in [5.41, 5.74) is 5.32. The third kappa shape index (κ3) is 5.44. The van der Waals surface area contributed by atoms with Gasteiger partial charge in [-0.25, -0.2) is 0 Å². The molecule has 0 heterocycles. The van der Waals surface area contributed by atoms with Crippen LogP contribution in [0.2, 0.25) is 0 Å². The van der Waals surface area contributed by atoms with Crippen molar-refractivity contribution in [2.24, 2.45) is 0 Å². The zero-order chi connectivity index (χ0) is 18.9. The number of amides is 2.